The van der Waals surface area contributed by atoms with E-state index in [-0.39, 0.29) is 5.56 Å². The van der Waals surface area contributed by atoms with Gasteiger partial charge in [0.05, 0.1) is 12.2 Å². The Labute approximate surface area is 119 Å². The highest BCUT2D eigenvalue weighted by Gasteiger charge is 2.06. The predicted octanol–water partition coefficient (Wildman–Crippen LogP) is 3.16. The summed E-state index contributed by atoms with van der Waals surface area (Å²) in [5.74, 6) is -0.446. The van der Waals surface area contributed by atoms with E-state index in [9.17, 15) is 4.79 Å². The molecule has 0 aliphatic rings. The maximum absolute atomic E-state index is 10.9. The molecule has 5 heteroatoms. The minimum absolute atomic E-state index is 0.196. The summed E-state index contributed by atoms with van der Waals surface area (Å²) in [6, 6.07) is 10.5. The molecule has 0 atom stereocenters. The molecule has 0 bridgehead atoms. The van der Waals surface area contributed by atoms with Crippen molar-refractivity contribution in [2.75, 3.05) is 6.61 Å². The third-order valence-corrected chi connectivity index (χ3v) is 2.93. The lowest BCUT2D eigenvalue weighted by atomic mass is 10.2. The van der Waals surface area contributed by atoms with Crippen molar-refractivity contribution in [1.82, 2.24) is 4.98 Å². The number of carbonyl (C=O) groups is 1. The molecule has 0 fully saturated rings. The monoisotopic (exact) mass is 321 g/mol. The van der Waals surface area contributed by atoms with Gasteiger partial charge in [-0.2, -0.15) is 0 Å². The lowest BCUT2D eigenvalue weighted by molar-refractivity contribution is 0.0696. The summed E-state index contributed by atoms with van der Waals surface area (Å²) < 4.78 is 6.23. The number of ether oxygens (including phenoxy) is 1. The highest BCUT2D eigenvalue weighted by molar-refractivity contribution is 9.10. The molecule has 0 amide bonds. The van der Waals surface area contributed by atoms with Crippen LogP contribution in [0.2, 0.25) is 0 Å². The Morgan fingerprint density at radius 1 is 1.32 bits per heavy atom. The number of carboxylic acid groups (broad SMARTS) is 1. The SMILES string of the molecule is O=C(O)c1cc(Br)cc(OCCc2ccccn2)c1. The molecule has 0 aliphatic carbocycles. The zero-order valence-electron chi connectivity index (χ0n) is 10.0. The van der Waals surface area contributed by atoms with Crippen LogP contribution in [-0.2, 0) is 6.42 Å². The van der Waals surface area contributed by atoms with E-state index in [1.165, 1.54) is 12.1 Å². The maximum Gasteiger partial charge on any atom is 0.335 e. The number of aromatic carboxylic acids is 1. The van der Waals surface area contributed by atoms with Gasteiger partial charge in [0, 0.05) is 22.8 Å². The van der Waals surface area contributed by atoms with E-state index in [1.54, 1.807) is 12.3 Å². The first kappa shape index (κ1) is 13.5. The number of carboxylic acids is 1. The summed E-state index contributed by atoms with van der Waals surface area (Å²) in [4.78, 5) is 15.1. The van der Waals surface area contributed by atoms with Crippen molar-refractivity contribution in [1.29, 1.82) is 0 Å². The second-order valence-electron chi connectivity index (χ2n) is 3.90. The Kier molecular flexibility index (Phi) is 4.52. The first-order valence-electron chi connectivity index (χ1n) is 5.72. The van der Waals surface area contributed by atoms with Crippen molar-refractivity contribution in [2.45, 2.75) is 6.42 Å². The molecule has 2 rings (SSSR count). The molecule has 0 saturated heterocycles. The molecular formula is C14H12BrNO3. The number of pyridine rings is 1. The third kappa shape index (κ3) is 4.06. The highest BCUT2D eigenvalue weighted by Crippen LogP contribution is 2.21. The van der Waals surface area contributed by atoms with Crippen LogP contribution in [0.15, 0.2) is 47.1 Å². The lowest BCUT2D eigenvalue weighted by Gasteiger charge is -2.07. The summed E-state index contributed by atoms with van der Waals surface area (Å²) in [5, 5.41) is 8.95. The normalized spacial score (nSPS) is 10.2. The maximum atomic E-state index is 10.9. The van der Waals surface area contributed by atoms with Crippen LogP contribution in [0.4, 0.5) is 0 Å². The Morgan fingerprint density at radius 2 is 2.16 bits per heavy atom. The van der Waals surface area contributed by atoms with Gasteiger partial charge in [0.15, 0.2) is 0 Å². The Balaban J connectivity index is 1.98. The van der Waals surface area contributed by atoms with Gasteiger partial charge in [-0.3, -0.25) is 4.98 Å². The number of hydrogen-bond donors (Lipinski definition) is 1. The smallest absolute Gasteiger partial charge is 0.335 e. The van der Waals surface area contributed by atoms with Crippen molar-refractivity contribution >= 4 is 21.9 Å². The Morgan fingerprint density at radius 3 is 2.84 bits per heavy atom. The second-order valence-corrected chi connectivity index (χ2v) is 4.82. The molecule has 0 aliphatic heterocycles. The van der Waals surface area contributed by atoms with Gasteiger partial charge in [-0.1, -0.05) is 22.0 Å². The molecule has 0 spiro atoms. The first-order chi connectivity index (χ1) is 9.15. The van der Waals surface area contributed by atoms with E-state index in [0.29, 0.717) is 23.2 Å². The third-order valence-electron chi connectivity index (χ3n) is 2.47. The van der Waals surface area contributed by atoms with Crippen LogP contribution in [0.3, 0.4) is 0 Å². The first-order valence-corrected chi connectivity index (χ1v) is 6.51. The zero-order chi connectivity index (χ0) is 13.7. The van der Waals surface area contributed by atoms with Crippen LogP contribution in [0.1, 0.15) is 16.1 Å². The molecule has 19 heavy (non-hydrogen) atoms. The van der Waals surface area contributed by atoms with Gasteiger partial charge < -0.3 is 9.84 Å². The molecule has 1 aromatic carbocycles. The molecule has 98 valence electrons. The van der Waals surface area contributed by atoms with Crippen molar-refractivity contribution in [3.05, 3.63) is 58.3 Å². The number of hydrogen-bond acceptors (Lipinski definition) is 3. The zero-order valence-corrected chi connectivity index (χ0v) is 11.6. The van der Waals surface area contributed by atoms with E-state index in [4.69, 9.17) is 9.84 Å². The largest absolute Gasteiger partial charge is 0.493 e. The topological polar surface area (TPSA) is 59.4 Å². The van der Waals surface area contributed by atoms with Gasteiger partial charge in [-0.25, -0.2) is 4.79 Å². The molecule has 1 heterocycles. The van der Waals surface area contributed by atoms with Gasteiger partial charge >= 0.3 is 5.97 Å². The number of aromatic nitrogens is 1. The van der Waals surface area contributed by atoms with Crippen molar-refractivity contribution in [3.8, 4) is 5.75 Å². The molecule has 2 aromatic rings. The molecule has 0 saturated carbocycles. The summed E-state index contributed by atoms with van der Waals surface area (Å²) in [5.41, 5.74) is 1.14. The molecule has 4 nitrogen and oxygen atoms in total. The lowest BCUT2D eigenvalue weighted by Crippen LogP contribution is -2.04. The molecule has 0 unspecified atom stereocenters. The second kappa shape index (κ2) is 6.33. The van der Waals surface area contributed by atoms with E-state index in [0.717, 1.165) is 5.69 Å². The standard InChI is InChI=1S/C14H12BrNO3/c15-11-7-10(14(17)18)8-13(9-11)19-6-4-12-3-1-2-5-16-12/h1-3,5,7-9H,4,6H2,(H,17,18). The van der Waals surface area contributed by atoms with E-state index < -0.39 is 5.97 Å². The van der Waals surface area contributed by atoms with E-state index >= 15 is 0 Å². The minimum Gasteiger partial charge on any atom is -0.493 e. The van der Waals surface area contributed by atoms with Gasteiger partial charge in [-0.05, 0) is 30.3 Å². The Bertz CT molecular complexity index is 572. The fourth-order valence-electron chi connectivity index (χ4n) is 1.59. The van der Waals surface area contributed by atoms with Crippen LogP contribution < -0.4 is 4.74 Å². The number of benzene rings is 1. The molecular weight excluding hydrogens is 310 g/mol. The van der Waals surface area contributed by atoms with Crippen LogP contribution in [0.25, 0.3) is 0 Å². The fourth-order valence-corrected chi connectivity index (χ4v) is 2.06. The van der Waals surface area contributed by atoms with Crippen molar-refractivity contribution < 1.29 is 14.6 Å². The molecule has 1 N–H and O–H groups in total. The van der Waals surface area contributed by atoms with Crippen LogP contribution in [-0.4, -0.2) is 22.7 Å². The number of halogens is 1. The molecule has 0 radical (unpaired) electrons. The molecule has 1 aromatic heterocycles. The predicted molar refractivity (Wildman–Crippen MR) is 74.5 cm³/mol. The average molecular weight is 322 g/mol. The quantitative estimate of drug-likeness (QED) is 0.918. The summed E-state index contributed by atoms with van der Waals surface area (Å²) >= 11 is 3.26. The van der Waals surface area contributed by atoms with Crippen molar-refractivity contribution in [2.24, 2.45) is 0 Å². The van der Waals surface area contributed by atoms with Gasteiger partial charge in [0.1, 0.15) is 5.75 Å². The number of nitrogens with zero attached hydrogens (tertiary/aromatic N) is 1. The fraction of sp³-hybridized carbons (Fsp3) is 0.143. The van der Waals surface area contributed by atoms with Gasteiger partial charge in [0.2, 0.25) is 0 Å². The Hall–Kier alpha value is -1.88. The van der Waals surface area contributed by atoms with Crippen LogP contribution in [0.5, 0.6) is 5.75 Å². The highest BCUT2D eigenvalue weighted by atomic mass is 79.9. The summed E-state index contributed by atoms with van der Waals surface area (Å²) in [6.45, 7) is 0.451. The van der Waals surface area contributed by atoms with E-state index in [1.807, 2.05) is 18.2 Å². The average Bonchev–Trinajstić information content (AvgIpc) is 2.39. The summed E-state index contributed by atoms with van der Waals surface area (Å²) in [7, 11) is 0. The summed E-state index contributed by atoms with van der Waals surface area (Å²) in [6.07, 6.45) is 2.41. The van der Waals surface area contributed by atoms with E-state index in [2.05, 4.69) is 20.9 Å². The number of rotatable bonds is 5. The van der Waals surface area contributed by atoms with Crippen LogP contribution >= 0.6 is 15.9 Å². The van der Waals surface area contributed by atoms with Crippen molar-refractivity contribution in [3.63, 3.8) is 0 Å². The van der Waals surface area contributed by atoms with Gasteiger partial charge in [0.25, 0.3) is 0 Å². The van der Waals surface area contributed by atoms with Gasteiger partial charge in [-0.15, -0.1) is 0 Å². The minimum atomic E-state index is -0.976. The van der Waals surface area contributed by atoms with Crippen LogP contribution in [0, 0.1) is 0 Å².